The molecule has 0 aliphatic carbocycles. The van der Waals surface area contributed by atoms with Crippen molar-refractivity contribution in [2.75, 3.05) is 26.0 Å². The van der Waals surface area contributed by atoms with E-state index in [-0.39, 0.29) is 17.9 Å². The largest absolute Gasteiger partial charge is 0.492 e. The highest BCUT2D eigenvalue weighted by molar-refractivity contribution is 7.88. The molecule has 1 amide bonds. The Labute approximate surface area is 136 Å². The molecule has 7 heteroatoms. The lowest BCUT2D eigenvalue weighted by Crippen LogP contribution is -2.51. The van der Waals surface area contributed by atoms with Crippen LogP contribution in [0.15, 0.2) is 24.3 Å². The zero-order valence-corrected chi connectivity index (χ0v) is 14.0. The Morgan fingerprint density at radius 3 is 2.91 bits per heavy atom. The number of piperidine rings is 1. The van der Waals surface area contributed by atoms with Crippen LogP contribution < -0.4 is 9.46 Å². The summed E-state index contributed by atoms with van der Waals surface area (Å²) in [6, 6.07) is 7.58. The molecule has 23 heavy (non-hydrogen) atoms. The molecule has 1 aromatic carbocycles. The van der Waals surface area contributed by atoms with E-state index in [0.717, 1.165) is 30.4 Å². The number of hydrogen-bond donors (Lipinski definition) is 1. The molecule has 0 spiro atoms. The van der Waals surface area contributed by atoms with E-state index in [1.165, 1.54) is 0 Å². The predicted octanol–water partition coefficient (Wildman–Crippen LogP) is 0.778. The standard InChI is InChI=1S/C16H22N2O4S/c1-23(20,21)17-14-6-4-8-18(10-14)16(19)13-9-12-5-2-3-7-15(12)22-11-13/h2-3,5,7,13-14,17H,4,6,8-11H2,1H3/t13-,14+/m1/s1. The van der Waals surface area contributed by atoms with E-state index in [9.17, 15) is 13.2 Å². The van der Waals surface area contributed by atoms with Crippen molar-refractivity contribution < 1.29 is 17.9 Å². The van der Waals surface area contributed by atoms with Crippen molar-refractivity contribution in [1.29, 1.82) is 0 Å². The normalized spacial score (nSPS) is 24.7. The SMILES string of the molecule is CS(=O)(=O)N[C@H]1CCCN(C(=O)[C@H]2COc3ccccc3C2)C1. The number of sulfonamides is 1. The highest BCUT2D eigenvalue weighted by Crippen LogP contribution is 2.28. The van der Waals surface area contributed by atoms with E-state index in [4.69, 9.17) is 4.74 Å². The fraction of sp³-hybridized carbons (Fsp3) is 0.562. The maximum atomic E-state index is 12.7. The maximum Gasteiger partial charge on any atom is 0.229 e. The number of likely N-dealkylation sites (tertiary alicyclic amines) is 1. The molecule has 1 fully saturated rings. The lowest BCUT2D eigenvalue weighted by Gasteiger charge is -2.36. The van der Waals surface area contributed by atoms with Crippen LogP contribution in [0.4, 0.5) is 0 Å². The molecular weight excluding hydrogens is 316 g/mol. The van der Waals surface area contributed by atoms with Crippen molar-refractivity contribution in [2.45, 2.75) is 25.3 Å². The maximum absolute atomic E-state index is 12.7. The van der Waals surface area contributed by atoms with Gasteiger partial charge in [-0.15, -0.1) is 0 Å². The van der Waals surface area contributed by atoms with Gasteiger partial charge in [-0.1, -0.05) is 18.2 Å². The van der Waals surface area contributed by atoms with Gasteiger partial charge in [0.25, 0.3) is 0 Å². The van der Waals surface area contributed by atoms with Gasteiger partial charge in [-0.3, -0.25) is 4.79 Å². The predicted molar refractivity (Wildman–Crippen MR) is 86.7 cm³/mol. The van der Waals surface area contributed by atoms with Gasteiger partial charge < -0.3 is 9.64 Å². The first-order valence-electron chi connectivity index (χ1n) is 7.89. The Kier molecular flexibility index (Phi) is 4.59. The minimum atomic E-state index is -3.25. The molecule has 2 heterocycles. The van der Waals surface area contributed by atoms with Crippen LogP contribution in [0.5, 0.6) is 5.75 Å². The number of amides is 1. The van der Waals surface area contributed by atoms with E-state index >= 15 is 0 Å². The Hall–Kier alpha value is -1.60. The van der Waals surface area contributed by atoms with Gasteiger partial charge in [0.05, 0.1) is 12.2 Å². The van der Waals surface area contributed by atoms with Gasteiger partial charge in [0.2, 0.25) is 15.9 Å². The summed E-state index contributed by atoms with van der Waals surface area (Å²) in [6.45, 7) is 1.50. The van der Waals surface area contributed by atoms with Crippen molar-refractivity contribution >= 4 is 15.9 Å². The summed E-state index contributed by atoms with van der Waals surface area (Å²) < 4.78 is 31.1. The third kappa shape index (κ3) is 4.03. The van der Waals surface area contributed by atoms with E-state index in [0.29, 0.717) is 26.1 Å². The average molecular weight is 338 g/mol. The molecule has 0 aromatic heterocycles. The van der Waals surface area contributed by atoms with Crippen LogP contribution in [-0.2, 0) is 21.2 Å². The summed E-state index contributed by atoms with van der Waals surface area (Å²) in [5, 5.41) is 0. The number of rotatable bonds is 3. The molecular formula is C16H22N2O4S. The molecule has 0 unspecified atom stereocenters. The average Bonchev–Trinajstić information content (AvgIpc) is 2.52. The molecule has 1 saturated heterocycles. The minimum Gasteiger partial charge on any atom is -0.492 e. The van der Waals surface area contributed by atoms with Gasteiger partial charge in [0, 0.05) is 19.1 Å². The van der Waals surface area contributed by atoms with Crippen LogP contribution in [0.3, 0.4) is 0 Å². The number of fused-ring (bicyclic) bond motifs is 1. The summed E-state index contributed by atoms with van der Waals surface area (Å²) in [5.74, 6) is 0.716. The first-order chi connectivity index (χ1) is 10.9. The van der Waals surface area contributed by atoms with Gasteiger partial charge >= 0.3 is 0 Å². The highest BCUT2D eigenvalue weighted by atomic mass is 32.2. The third-order valence-electron chi connectivity index (χ3n) is 4.34. The number of carbonyl (C=O) groups is 1. The van der Waals surface area contributed by atoms with Crippen LogP contribution in [0.1, 0.15) is 18.4 Å². The van der Waals surface area contributed by atoms with Gasteiger partial charge in [0.1, 0.15) is 12.4 Å². The number of carbonyl (C=O) groups excluding carboxylic acids is 1. The lowest BCUT2D eigenvalue weighted by atomic mass is 9.94. The monoisotopic (exact) mass is 338 g/mol. The molecule has 6 nitrogen and oxygen atoms in total. The Morgan fingerprint density at radius 2 is 2.13 bits per heavy atom. The number of ether oxygens (including phenoxy) is 1. The van der Waals surface area contributed by atoms with Crippen molar-refractivity contribution in [3.63, 3.8) is 0 Å². The van der Waals surface area contributed by atoms with E-state index in [1.54, 1.807) is 4.90 Å². The molecule has 126 valence electrons. The summed E-state index contributed by atoms with van der Waals surface area (Å²) in [6.07, 6.45) is 3.40. The Morgan fingerprint density at radius 1 is 1.35 bits per heavy atom. The van der Waals surface area contributed by atoms with Crippen LogP contribution in [0.25, 0.3) is 0 Å². The lowest BCUT2D eigenvalue weighted by molar-refractivity contribution is -0.138. The van der Waals surface area contributed by atoms with Gasteiger partial charge in [-0.2, -0.15) is 0 Å². The molecule has 1 N–H and O–H groups in total. The van der Waals surface area contributed by atoms with E-state index in [2.05, 4.69) is 4.72 Å². The zero-order valence-electron chi connectivity index (χ0n) is 13.2. The van der Waals surface area contributed by atoms with Crippen LogP contribution >= 0.6 is 0 Å². The molecule has 0 radical (unpaired) electrons. The summed E-state index contributed by atoms with van der Waals surface area (Å²) in [5.41, 5.74) is 1.06. The second kappa shape index (κ2) is 6.49. The Bertz CT molecular complexity index is 689. The first-order valence-corrected chi connectivity index (χ1v) is 9.78. The van der Waals surface area contributed by atoms with Crippen LogP contribution in [-0.4, -0.2) is 51.2 Å². The van der Waals surface area contributed by atoms with Gasteiger partial charge in [0.15, 0.2) is 0 Å². The van der Waals surface area contributed by atoms with Crippen molar-refractivity contribution in [2.24, 2.45) is 5.92 Å². The number of nitrogens with one attached hydrogen (secondary N) is 1. The second-order valence-electron chi connectivity index (χ2n) is 6.33. The molecule has 3 rings (SSSR count). The third-order valence-corrected chi connectivity index (χ3v) is 5.10. The van der Waals surface area contributed by atoms with Crippen LogP contribution in [0.2, 0.25) is 0 Å². The topological polar surface area (TPSA) is 75.7 Å². The number of hydrogen-bond acceptors (Lipinski definition) is 4. The summed E-state index contributed by atoms with van der Waals surface area (Å²) in [4.78, 5) is 14.5. The summed E-state index contributed by atoms with van der Waals surface area (Å²) in [7, 11) is -3.25. The van der Waals surface area contributed by atoms with Crippen molar-refractivity contribution in [3.8, 4) is 5.75 Å². The second-order valence-corrected chi connectivity index (χ2v) is 8.11. The minimum absolute atomic E-state index is 0.0551. The number of benzene rings is 1. The van der Waals surface area contributed by atoms with E-state index in [1.807, 2.05) is 24.3 Å². The number of para-hydroxylation sites is 1. The molecule has 0 saturated carbocycles. The zero-order chi connectivity index (χ0) is 16.4. The van der Waals surface area contributed by atoms with Crippen molar-refractivity contribution in [1.82, 2.24) is 9.62 Å². The molecule has 2 aliphatic rings. The smallest absolute Gasteiger partial charge is 0.229 e. The molecule has 2 aliphatic heterocycles. The molecule has 2 atom stereocenters. The highest BCUT2D eigenvalue weighted by Gasteiger charge is 2.32. The quantitative estimate of drug-likeness (QED) is 0.884. The molecule has 0 bridgehead atoms. The fourth-order valence-corrected chi connectivity index (χ4v) is 4.12. The number of nitrogens with zero attached hydrogens (tertiary/aromatic N) is 1. The first kappa shape index (κ1) is 16.3. The Balaban J connectivity index is 1.64. The van der Waals surface area contributed by atoms with Crippen molar-refractivity contribution in [3.05, 3.63) is 29.8 Å². The van der Waals surface area contributed by atoms with E-state index < -0.39 is 10.0 Å². The fourth-order valence-electron chi connectivity index (χ4n) is 3.32. The summed E-state index contributed by atoms with van der Waals surface area (Å²) >= 11 is 0. The van der Waals surface area contributed by atoms with Gasteiger partial charge in [-0.25, -0.2) is 13.1 Å². The van der Waals surface area contributed by atoms with Gasteiger partial charge in [-0.05, 0) is 30.9 Å². The van der Waals surface area contributed by atoms with Crippen LogP contribution in [0, 0.1) is 5.92 Å². The molecule has 1 aromatic rings.